The van der Waals surface area contributed by atoms with Crippen LogP contribution in [0.25, 0.3) is 11.1 Å². The van der Waals surface area contributed by atoms with Gasteiger partial charge in [-0.05, 0) is 33.8 Å². The van der Waals surface area contributed by atoms with Crippen LogP contribution in [0, 0.1) is 0 Å². The molecule has 0 atom stereocenters. The predicted octanol–water partition coefficient (Wildman–Crippen LogP) is 2.33. The fourth-order valence-corrected chi connectivity index (χ4v) is 3.49. The largest absolute Gasteiger partial charge is 0.488 e. The zero-order valence-corrected chi connectivity index (χ0v) is 11.6. The molecule has 0 heterocycles. The lowest BCUT2D eigenvalue weighted by molar-refractivity contribution is 0.426. The number of rotatable bonds is 1. The highest BCUT2D eigenvalue weighted by Crippen LogP contribution is 2.50. The Balaban J connectivity index is 2.36. The van der Waals surface area contributed by atoms with E-state index in [4.69, 9.17) is 11.6 Å². The van der Waals surface area contributed by atoms with Gasteiger partial charge in [0.05, 0.1) is 0 Å². The minimum Gasteiger partial charge on any atom is -0.423 e. The van der Waals surface area contributed by atoms with Crippen molar-refractivity contribution in [3.63, 3.8) is 0 Å². The fraction of sp³-hybridized carbons (Fsp3) is 0.200. The van der Waals surface area contributed by atoms with E-state index in [9.17, 15) is 10.0 Å². The first-order valence-electron chi connectivity index (χ1n) is 6.23. The quantitative estimate of drug-likeness (QED) is 0.782. The Morgan fingerprint density at radius 2 is 1.74 bits per heavy atom. The van der Waals surface area contributed by atoms with Gasteiger partial charge in [0.15, 0.2) is 0 Å². The van der Waals surface area contributed by atoms with E-state index in [0.717, 1.165) is 16.7 Å². The van der Waals surface area contributed by atoms with E-state index in [0.29, 0.717) is 10.5 Å². The molecule has 0 saturated heterocycles. The Morgan fingerprint density at radius 3 is 2.42 bits per heavy atom. The number of fused-ring (bicyclic) bond motifs is 3. The summed E-state index contributed by atoms with van der Waals surface area (Å²) in [5.41, 5.74) is 4.65. The highest BCUT2D eigenvalue weighted by atomic mass is 35.5. The Morgan fingerprint density at radius 1 is 1.05 bits per heavy atom. The monoisotopic (exact) mass is 272 g/mol. The zero-order valence-electron chi connectivity index (χ0n) is 10.8. The van der Waals surface area contributed by atoms with Gasteiger partial charge in [0.2, 0.25) is 0 Å². The van der Waals surface area contributed by atoms with Gasteiger partial charge < -0.3 is 10.0 Å². The summed E-state index contributed by atoms with van der Waals surface area (Å²) in [6.07, 6.45) is 0. The molecule has 96 valence electrons. The molecule has 1 aliphatic rings. The molecule has 0 aliphatic heterocycles. The Bertz CT molecular complexity index is 665. The predicted molar refractivity (Wildman–Crippen MR) is 78.8 cm³/mol. The topological polar surface area (TPSA) is 40.5 Å². The molecule has 0 fully saturated rings. The minimum absolute atomic E-state index is 0.165. The molecule has 3 rings (SSSR count). The average Bonchev–Trinajstić information content (AvgIpc) is 2.59. The maximum atomic E-state index is 9.35. The molecule has 0 unspecified atom stereocenters. The first-order valence-corrected chi connectivity index (χ1v) is 6.60. The molecule has 2 N–H and O–H groups in total. The average molecular weight is 273 g/mol. The van der Waals surface area contributed by atoms with Crippen LogP contribution in [0.5, 0.6) is 0 Å². The molecule has 0 radical (unpaired) electrons. The van der Waals surface area contributed by atoms with Crippen molar-refractivity contribution >= 4 is 24.2 Å². The molecule has 2 nitrogen and oxygen atoms in total. The van der Waals surface area contributed by atoms with Gasteiger partial charge in [-0.3, -0.25) is 0 Å². The van der Waals surface area contributed by atoms with Gasteiger partial charge >= 0.3 is 7.12 Å². The molecule has 1 aliphatic carbocycles. The molecule has 0 saturated carbocycles. The van der Waals surface area contributed by atoms with Crippen LogP contribution in [-0.4, -0.2) is 17.2 Å². The van der Waals surface area contributed by atoms with E-state index in [1.165, 1.54) is 5.56 Å². The summed E-state index contributed by atoms with van der Waals surface area (Å²) in [4.78, 5) is 0. The summed E-state index contributed by atoms with van der Waals surface area (Å²) in [5, 5.41) is 19.3. The van der Waals surface area contributed by atoms with E-state index in [1.54, 1.807) is 6.07 Å². The summed E-state index contributed by atoms with van der Waals surface area (Å²) in [7, 11) is -1.50. The van der Waals surface area contributed by atoms with Crippen LogP contribution in [0.3, 0.4) is 0 Å². The van der Waals surface area contributed by atoms with E-state index in [-0.39, 0.29) is 5.41 Å². The van der Waals surface area contributed by atoms with Gasteiger partial charge in [-0.25, -0.2) is 0 Å². The van der Waals surface area contributed by atoms with E-state index in [2.05, 4.69) is 19.9 Å². The number of hydrogen-bond acceptors (Lipinski definition) is 2. The van der Waals surface area contributed by atoms with Gasteiger partial charge in [0.25, 0.3) is 0 Å². The summed E-state index contributed by atoms with van der Waals surface area (Å²) < 4.78 is 0. The number of hydrogen-bond donors (Lipinski definition) is 2. The fourth-order valence-electron chi connectivity index (χ4n) is 3.02. The van der Waals surface area contributed by atoms with E-state index < -0.39 is 7.12 Å². The van der Waals surface area contributed by atoms with Gasteiger partial charge in [0, 0.05) is 10.4 Å². The standard InChI is InChI=1S/C15H14BClO2/c1-15(2)12-6-4-3-5-10(12)11-7-9(16(18)19)8-13(17)14(11)15/h3-8,18-19H,1-2H3. The van der Waals surface area contributed by atoms with Crippen LogP contribution in [0.1, 0.15) is 25.0 Å². The van der Waals surface area contributed by atoms with Crippen LogP contribution < -0.4 is 5.46 Å². The highest BCUT2D eigenvalue weighted by molar-refractivity contribution is 6.59. The normalized spacial score (nSPS) is 15.0. The molecule has 0 aromatic heterocycles. The molecule has 0 spiro atoms. The number of halogens is 1. The first kappa shape index (κ1) is 12.7. The second kappa shape index (κ2) is 4.10. The summed E-state index contributed by atoms with van der Waals surface area (Å²) >= 11 is 6.37. The molecule has 2 aromatic rings. The molecular formula is C15H14BClO2. The third-order valence-electron chi connectivity index (χ3n) is 3.93. The zero-order chi connectivity index (χ0) is 13.8. The van der Waals surface area contributed by atoms with Crippen molar-refractivity contribution in [2.45, 2.75) is 19.3 Å². The van der Waals surface area contributed by atoms with Gasteiger partial charge in [-0.1, -0.05) is 55.8 Å². The second-order valence-electron chi connectivity index (χ2n) is 5.47. The third kappa shape index (κ3) is 1.73. The van der Waals surface area contributed by atoms with Gasteiger partial charge in [-0.2, -0.15) is 0 Å². The van der Waals surface area contributed by atoms with E-state index in [1.807, 2.05) is 24.3 Å². The maximum absolute atomic E-state index is 9.35. The van der Waals surface area contributed by atoms with Crippen molar-refractivity contribution in [1.29, 1.82) is 0 Å². The number of benzene rings is 2. The van der Waals surface area contributed by atoms with Crippen molar-refractivity contribution in [2.75, 3.05) is 0 Å². The van der Waals surface area contributed by atoms with Crippen molar-refractivity contribution in [3.05, 3.63) is 52.5 Å². The van der Waals surface area contributed by atoms with Gasteiger partial charge in [-0.15, -0.1) is 0 Å². The van der Waals surface area contributed by atoms with Crippen LogP contribution in [0.15, 0.2) is 36.4 Å². The van der Waals surface area contributed by atoms with Crippen molar-refractivity contribution in [2.24, 2.45) is 0 Å². The van der Waals surface area contributed by atoms with Crippen molar-refractivity contribution in [1.82, 2.24) is 0 Å². The van der Waals surface area contributed by atoms with Crippen LogP contribution in [0.2, 0.25) is 5.02 Å². The molecule has 4 heteroatoms. The summed E-state index contributed by atoms with van der Waals surface area (Å²) in [5.74, 6) is 0. The molecule has 0 bridgehead atoms. The summed E-state index contributed by atoms with van der Waals surface area (Å²) in [6.45, 7) is 4.27. The minimum atomic E-state index is -1.50. The van der Waals surface area contributed by atoms with Crippen molar-refractivity contribution < 1.29 is 10.0 Å². The van der Waals surface area contributed by atoms with Crippen LogP contribution in [0.4, 0.5) is 0 Å². The second-order valence-corrected chi connectivity index (χ2v) is 5.88. The van der Waals surface area contributed by atoms with Gasteiger partial charge in [0.1, 0.15) is 0 Å². The summed E-state index contributed by atoms with van der Waals surface area (Å²) in [6, 6.07) is 11.6. The Kier molecular flexibility index (Phi) is 2.75. The lowest BCUT2D eigenvalue weighted by atomic mass is 9.77. The molecule has 19 heavy (non-hydrogen) atoms. The van der Waals surface area contributed by atoms with Crippen molar-refractivity contribution in [3.8, 4) is 11.1 Å². The van der Waals surface area contributed by atoms with Crippen LogP contribution in [-0.2, 0) is 5.41 Å². The maximum Gasteiger partial charge on any atom is 0.488 e. The lowest BCUT2D eigenvalue weighted by Gasteiger charge is -2.22. The SMILES string of the molecule is CC1(C)c2ccccc2-c2cc(B(O)O)cc(Cl)c21. The van der Waals surface area contributed by atoms with Crippen LogP contribution >= 0.6 is 11.6 Å². The Hall–Kier alpha value is -1.29. The smallest absolute Gasteiger partial charge is 0.423 e. The Labute approximate surface area is 117 Å². The van der Waals surface area contributed by atoms with E-state index >= 15 is 0 Å². The first-order chi connectivity index (χ1) is 8.93. The lowest BCUT2D eigenvalue weighted by Crippen LogP contribution is -2.30. The highest BCUT2D eigenvalue weighted by Gasteiger charge is 2.37. The molecular weight excluding hydrogens is 258 g/mol. The third-order valence-corrected chi connectivity index (χ3v) is 4.22. The molecule has 2 aromatic carbocycles. The molecule has 0 amide bonds.